The highest BCUT2D eigenvalue weighted by Crippen LogP contribution is 2.25. The van der Waals surface area contributed by atoms with Gasteiger partial charge in [-0.05, 0) is 12.8 Å². The lowest BCUT2D eigenvalue weighted by atomic mass is 9.99. The zero-order valence-corrected chi connectivity index (χ0v) is 13.0. The van der Waals surface area contributed by atoms with Crippen molar-refractivity contribution < 1.29 is 24.2 Å². The number of aliphatic carboxylic acids is 1. The second-order valence-corrected chi connectivity index (χ2v) is 5.57. The molecule has 0 aliphatic carbocycles. The van der Waals surface area contributed by atoms with Crippen LogP contribution < -0.4 is 0 Å². The topological polar surface area (TPSA) is 87.2 Å². The fourth-order valence-corrected chi connectivity index (χ4v) is 2.53. The van der Waals surface area contributed by atoms with E-state index >= 15 is 0 Å². The van der Waals surface area contributed by atoms with Crippen molar-refractivity contribution in [1.29, 1.82) is 0 Å². The van der Waals surface area contributed by atoms with Gasteiger partial charge in [0.1, 0.15) is 0 Å². The van der Waals surface area contributed by atoms with Gasteiger partial charge >= 0.3 is 18.0 Å². The molecular formula is C14H24N2O5. The first-order valence-corrected chi connectivity index (χ1v) is 7.16. The lowest BCUT2D eigenvalue weighted by Crippen LogP contribution is -2.45. The molecule has 1 heterocycles. The van der Waals surface area contributed by atoms with Gasteiger partial charge in [-0.25, -0.2) is 4.79 Å². The summed E-state index contributed by atoms with van der Waals surface area (Å²) in [6.45, 7) is 6.70. The van der Waals surface area contributed by atoms with Crippen molar-refractivity contribution in [3.63, 3.8) is 0 Å². The average Bonchev–Trinajstić information content (AvgIpc) is 2.84. The van der Waals surface area contributed by atoms with Gasteiger partial charge in [0.25, 0.3) is 0 Å². The molecule has 0 aromatic heterocycles. The number of likely N-dealkylation sites (tertiary alicyclic amines) is 1. The standard InChI is InChI=1S/C14H24N2O5/c1-5-15(7-10(3)12(17)18)14(20)16-6-9(2)11(8-16)13(19)21-4/h9-11H,5-8H2,1-4H3,(H,17,18). The molecular weight excluding hydrogens is 276 g/mol. The molecule has 1 aliphatic rings. The van der Waals surface area contributed by atoms with Crippen LogP contribution in [0.15, 0.2) is 0 Å². The molecule has 0 aromatic rings. The van der Waals surface area contributed by atoms with Crippen molar-refractivity contribution >= 4 is 18.0 Å². The summed E-state index contributed by atoms with van der Waals surface area (Å²) < 4.78 is 4.75. The van der Waals surface area contributed by atoms with Crippen molar-refractivity contribution in [2.75, 3.05) is 33.3 Å². The molecule has 7 heteroatoms. The SMILES string of the molecule is CCN(CC(C)C(=O)O)C(=O)N1CC(C)C(C(=O)OC)C1. The minimum Gasteiger partial charge on any atom is -0.481 e. The Labute approximate surface area is 124 Å². The smallest absolute Gasteiger partial charge is 0.320 e. The molecule has 0 saturated carbocycles. The number of esters is 1. The zero-order valence-electron chi connectivity index (χ0n) is 13.0. The highest BCUT2D eigenvalue weighted by atomic mass is 16.5. The van der Waals surface area contributed by atoms with E-state index in [1.165, 1.54) is 12.0 Å². The number of carboxylic acids is 1. The fraction of sp³-hybridized carbons (Fsp3) is 0.786. The number of carbonyl (C=O) groups excluding carboxylic acids is 2. The molecule has 2 amide bonds. The number of carboxylic acid groups (broad SMARTS) is 1. The van der Waals surface area contributed by atoms with E-state index < -0.39 is 11.9 Å². The van der Waals surface area contributed by atoms with Crippen molar-refractivity contribution in [3.8, 4) is 0 Å². The Hall–Kier alpha value is -1.79. The fourth-order valence-electron chi connectivity index (χ4n) is 2.53. The van der Waals surface area contributed by atoms with E-state index in [2.05, 4.69) is 0 Å². The summed E-state index contributed by atoms with van der Waals surface area (Å²) >= 11 is 0. The zero-order chi connectivity index (χ0) is 16.2. The molecule has 0 spiro atoms. The number of urea groups is 1. The second kappa shape index (κ2) is 7.28. The quantitative estimate of drug-likeness (QED) is 0.762. The number of rotatable bonds is 5. The van der Waals surface area contributed by atoms with Crippen LogP contribution in [-0.4, -0.2) is 66.2 Å². The second-order valence-electron chi connectivity index (χ2n) is 5.57. The minimum atomic E-state index is -0.927. The molecule has 21 heavy (non-hydrogen) atoms. The Morgan fingerprint density at radius 1 is 1.38 bits per heavy atom. The van der Waals surface area contributed by atoms with Gasteiger partial charge in [0.2, 0.25) is 0 Å². The van der Waals surface area contributed by atoms with Crippen molar-refractivity contribution in [2.45, 2.75) is 20.8 Å². The van der Waals surface area contributed by atoms with E-state index in [1.807, 2.05) is 13.8 Å². The first-order chi connectivity index (χ1) is 9.81. The molecule has 7 nitrogen and oxygen atoms in total. The van der Waals surface area contributed by atoms with Crippen LogP contribution in [0.2, 0.25) is 0 Å². The Morgan fingerprint density at radius 3 is 2.48 bits per heavy atom. The Bertz CT molecular complexity index is 412. The van der Waals surface area contributed by atoms with Crippen LogP contribution in [-0.2, 0) is 14.3 Å². The Morgan fingerprint density at radius 2 is 2.00 bits per heavy atom. The lowest BCUT2D eigenvalue weighted by Gasteiger charge is -2.28. The summed E-state index contributed by atoms with van der Waals surface area (Å²) in [7, 11) is 1.34. The van der Waals surface area contributed by atoms with Crippen LogP contribution in [0.3, 0.4) is 0 Å². The molecule has 1 rings (SSSR count). The molecule has 1 saturated heterocycles. The number of ether oxygens (including phenoxy) is 1. The summed E-state index contributed by atoms with van der Waals surface area (Å²) in [6, 6.07) is -0.219. The first-order valence-electron chi connectivity index (χ1n) is 7.16. The average molecular weight is 300 g/mol. The molecule has 3 atom stereocenters. The highest BCUT2D eigenvalue weighted by molar-refractivity contribution is 5.79. The van der Waals surface area contributed by atoms with Gasteiger partial charge in [-0.15, -0.1) is 0 Å². The predicted octanol–water partition coefficient (Wildman–Crippen LogP) is 0.890. The van der Waals surface area contributed by atoms with E-state index in [0.717, 1.165) is 0 Å². The summed E-state index contributed by atoms with van der Waals surface area (Å²) in [5.41, 5.74) is 0. The third-order valence-corrected chi connectivity index (χ3v) is 3.95. The van der Waals surface area contributed by atoms with Gasteiger partial charge in [-0.2, -0.15) is 0 Å². The minimum absolute atomic E-state index is 0.0389. The van der Waals surface area contributed by atoms with Crippen molar-refractivity contribution in [2.24, 2.45) is 17.8 Å². The largest absolute Gasteiger partial charge is 0.481 e. The summed E-state index contributed by atoms with van der Waals surface area (Å²) in [5.74, 6) is -2.12. The van der Waals surface area contributed by atoms with Crippen molar-refractivity contribution in [3.05, 3.63) is 0 Å². The number of hydrogen-bond acceptors (Lipinski definition) is 4. The van der Waals surface area contributed by atoms with Gasteiger partial charge in [0.05, 0.1) is 18.9 Å². The molecule has 1 aliphatic heterocycles. The summed E-state index contributed by atoms with van der Waals surface area (Å²) in [4.78, 5) is 38.1. The van der Waals surface area contributed by atoms with Gasteiger partial charge < -0.3 is 19.6 Å². The molecule has 0 aromatic carbocycles. The first kappa shape index (κ1) is 17.3. The van der Waals surface area contributed by atoms with Crippen LogP contribution in [0.25, 0.3) is 0 Å². The molecule has 3 unspecified atom stereocenters. The summed E-state index contributed by atoms with van der Waals surface area (Å²) in [6.07, 6.45) is 0. The molecule has 0 radical (unpaired) electrons. The van der Waals surface area contributed by atoms with E-state index in [-0.39, 0.29) is 30.4 Å². The van der Waals surface area contributed by atoms with E-state index in [4.69, 9.17) is 9.84 Å². The normalized spacial score (nSPS) is 22.8. The maximum atomic E-state index is 12.4. The third kappa shape index (κ3) is 4.09. The molecule has 0 bridgehead atoms. The lowest BCUT2D eigenvalue weighted by molar-refractivity contribution is -0.146. The number of amides is 2. The van der Waals surface area contributed by atoms with E-state index in [9.17, 15) is 14.4 Å². The maximum absolute atomic E-state index is 12.4. The highest BCUT2D eigenvalue weighted by Gasteiger charge is 2.39. The van der Waals surface area contributed by atoms with Gasteiger partial charge in [0, 0.05) is 26.2 Å². The predicted molar refractivity (Wildman–Crippen MR) is 75.7 cm³/mol. The number of methoxy groups -OCH3 is 1. The van der Waals surface area contributed by atoms with E-state index in [1.54, 1.807) is 11.8 Å². The third-order valence-electron chi connectivity index (χ3n) is 3.95. The van der Waals surface area contributed by atoms with Gasteiger partial charge in [-0.1, -0.05) is 13.8 Å². The van der Waals surface area contributed by atoms with Crippen LogP contribution in [0, 0.1) is 17.8 Å². The summed E-state index contributed by atoms with van der Waals surface area (Å²) in [5, 5.41) is 8.95. The van der Waals surface area contributed by atoms with Gasteiger partial charge in [0.15, 0.2) is 0 Å². The van der Waals surface area contributed by atoms with Gasteiger partial charge in [-0.3, -0.25) is 9.59 Å². The van der Waals surface area contributed by atoms with Crippen LogP contribution in [0.1, 0.15) is 20.8 Å². The number of nitrogens with zero attached hydrogens (tertiary/aromatic N) is 2. The van der Waals surface area contributed by atoms with Crippen LogP contribution in [0.4, 0.5) is 4.79 Å². The Balaban J connectivity index is 2.69. The monoisotopic (exact) mass is 300 g/mol. The molecule has 1 fully saturated rings. The van der Waals surface area contributed by atoms with Crippen LogP contribution >= 0.6 is 0 Å². The maximum Gasteiger partial charge on any atom is 0.320 e. The molecule has 1 N–H and O–H groups in total. The van der Waals surface area contributed by atoms with Crippen LogP contribution in [0.5, 0.6) is 0 Å². The van der Waals surface area contributed by atoms with Crippen molar-refractivity contribution in [1.82, 2.24) is 9.80 Å². The number of hydrogen-bond donors (Lipinski definition) is 1. The molecule has 120 valence electrons. The number of carbonyl (C=O) groups is 3. The van der Waals surface area contributed by atoms with E-state index in [0.29, 0.717) is 19.6 Å². The Kier molecular flexibility index (Phi) is 5.99.